The second kappa shape index (κ2) is 7.81. The van der Waals surface area contributed by atoms with Gasteiger partial charge >= 0.3 is 6.18 Å². The number of hydrogen-bond donors (Lipinski definition) is 3. The average Bonchev–Trinajstić information content (AvgIpc) is 2.54. The van der Waals surface area contributed by atoms with E-state index in [1.54, 1.807) is 13.8 Å². The largest absolute Gasteiger partial charge is 0.433 e. The Morgan fingerprint density at radius 3 is 2.35 bits per heavy atom. The number of benzene rings is 1. The van der Waals surface area contributed by atoms with Gasteiger partial charge in [0, 0.05) is 12.1 Å². The zero-order valence-corrected chi connectivity index (χ0v) is 13.9. The van der Waals surface area contributed by atoms with Gasteiger partial charge in [-0.1, -0.05) is 13.8 Å². The van der Waals surface area contributed by atoms with Crippen molar-refractivity contribution in [3.63, 3.8) is 0 Å². The van der Waals surface area contributed by atoms with E-state index >= 15 is 0 Å². The molecule has 0 aliphatic heterocycles. The van der Waals surface area contributed by atoms with Crippen LogP contribution < -0.4 is 10.6 Å². The molecule has 0 unspecified atom stereocenters. The van der Waals surface area contributed by atoms with Crippen molar-refractivity contribution in [1.82, 2.24) is 9.97 Å². The van der Waals surface area contributed by atoms with Crippen LogP contribution in [-0.2, 0) is 6.18 Å². The summed E-state index contributed by atoms with van der Waals surface area (Å²) in [6.45, 7) is 3.18. The molecule has 10 heteroatoms. The van der Waals surface area contributed by atoms with E-state index in [2.05, 4.69) is 20.6 Å². The second-order valence-corrected chi connectivity index (χ2v) is 5.89. The molecule has 142 valence electrons. The van der Waals surface area contributed by atoms with E-state index in [1.165, 1.54) is 0 Å². The molecule has 0 bridgehead atoms. The fraction of sp³-hybridized carbons (Fsp3) is 0.375. The van der Waals surface area contributed by atoms with Crippen LogP contribution in [0.5, 0.6) is 0 Å². The molecule has 0 fully saturated rings. The number of aliphatic hydroxyl groups excluding tert-OH is 1. The van der Waals surface area contributed by atoms with Gasteiger partial charge in [-0.2, -0.15) is 18.2 Å². The van der Waals surface area contributed by atoms with E-state index in [4.69, 9.17) is 0 Å². The maximum absolute atomic E-state index is 13.7. The molecule has 1 atom stereocenters. The van der Waals surface area contributed by atoms with Crippen LogP contribution in [0.1, 0.15) is 19.5 Å². The van der Waals surface area contributed by atoms with Crippen molar-refractivity contribution in [1.29, 1.82) is 0 Å². The predicted molar refractivity (Wildman–Crippen MR) is 86.0 cm³/mol. The highest BCUT2D eigenvalue weighted by Crippen LogP contribution is 2.31. The molecule has 0 spiro atoms. The molecule has 1 heterocycles. The number of aromatic nitrogens is 2. The Morgan fingerprint density at radius 1 is 1.12 bits per heavy atom. The van der Waals surface area contributed by atoms with Gasteiger partial charge in [0.25, 0.3) is 0 Å². The minimum atomic E-state index is -4.76. The third kappa shape index (κ3) is 5.01. The Morgan fingerprint density at radius 2 is 1.81 bits per heavy atom. The van der Waals surface area contributed by atoms with Crippen molar-refractivity contribution in [3.05, 3.63) is 41.6 Å². The van der Waals surface area contributed by atoms with Gasteiger partial charge in [-0.3, -0.25) is 0 Å². The average molecular weight is 376 g/mol. The van der Waals surface area contributed by atoms with Crippen LogP contribution in [0.3, 0.4) is 0 Å². The van der Waals surface area contributed by atoms with Gasteiger partial charge in [0.05, 0.1) is 18.3 Å². The SMILES string of the molecule is CC(C)[C@@H](CO)Nc1nc(Nc2ccc(F)cc2F)cc(C(F)(F)F)n1. The van der Waals surface area contributed by atoms with Crippen molar-refractivity contribution in [2.24, 2.45) is 5.92 Å². The number of hydrogen-bond acceptors (Lipinski definition) is 5. The Labute approximate surface area is 146 Å². The lowest BCUT2D eigenvalue weighted by atomic mass is 10.1. The number of nitrogens with zero attached hydrogens (tertiary/aromatic N) is 2. The first-order valence-corrected chi connectivity index (χ1v) is 7.66. The molecule has 0 saturated heterocycles. The van der Waals surface area contributed by atoms with E-state index in [0.717, 1.165) is 12.1 Å². The summed E-state index contributed by atoms with van der Waals surface area (Å²) in [5.74, 6) is -2.62. The molecule has 0 saturated carbocycles. The summed E-state index contributed by atoms with van der Waals surface area (Å²) in [5.41, 5.74) is -1.49. The smallest absolute Gasteiger partial charge is 0.394 e. The summed E-state index contributed by atoms with van der Waals surface area (Å²) in [4.78, 5) is 7.27. The molecule has 26 heavy (non-hydrogen) atoms. The molecule has 0 amide bonds. The van der Waals surface area contributed by atoms with Gasteiger partial charge in [-0.15, -0.1) is 0 Å². The fourth-order valence-corrected chi connectivity index (χ4v) is 2.04. The van der Waals surface area contributed by atoms with Crippen molar-refractivity contribution in [3.8, 4) is 0 Å². The third-order valence-corrected chi connectivity index (χ3v) is 3.53. The van der Waals surface area contributed by atoms with Crippen molar-refractivity contribution < 1.29 is 27.1 Å². The molecule has 0 aliphatic rings. The zero-order valence-electron chi connectivity index (χ0n) is 13.9. The first-order chi connectivity index (χ1) is 12.1. The summed E-state index contributed by atoms with van der Waals surface area (Å²) in [6.07, 6.45) is -4.76. The Hall–Kier alpha value is -2.49. The van der Waals surface area contributed by atoms with Crippen LogP contribution in [-0.4, -0.2) is 27.7 Å². The first-order valence-electron chi connectivity index (χ1n) is 7.66. The highest BCUT2D eigenvalue weighted by atomic mass is 19.4. The van der Waals surface area contributed by atoms with Crippen molar-refractivity contribution in [2.75, 3.05) is 17.2 Å². The van der Waals surface area contributed by atoms with Gasteiger partial charge in [-0.25, -0.2) is 13.8 Å². The van der Waals surface area contributed by atoms with Gasteiger partial charge in [0.1, 0.15) is 17.5 Å². The lowest BCUT2D eigenvalue weighted by Crippen LogP contribution is -2.30. The van der Waals surface area contributed by atoms with Crippen LogP contribution in [0.4, 0.5) is 39.4 Å². The lowest BCUT2D eigenvalue weighted by Gasteiger charge is -2.21. The number of halogens is 5. The maximum Gasteiger partial charge on any atom is 0.433 e. The number of anilines is 3. The van der Waals surface area contributed by atoms with Crippen LogP contribution in [0.2, 0.25) is 0 Å². The Balaban J connectivity index is 2.39. The summed E-state index contributed by atoms with van der Waals surface area (Å²) in [7, 11) is 0. The minimum Gasteiger partial charge on any atom is -0.394 e. The maximum atomic E-state index is 13.7. The molecule has 2 rings (SSSR count). The predicted octanol–water partition coefficient (Wildman–Crippen LogP) is 3.95. The number of rotatable bonds is 6. The van der Waals surface area contributed by atoms with E-state index in [9.17, 15) is 27.1 Å². The van der Waals surface area contributed by atoms with Gasteiger partial charge in [0.2, 0.25) is 5.95 Å². The summed E-state index contributed by atoms with van der Waals surface area (Å²) in [6, 6.07) is 2.62. The normalized spacial score (nSPS) is 13.0. The number of nitrogens with one attached hydrogen (secondary N) is 2. The molecular formula is C16H17F5N4O. The lowest BCUT2D eigenvalue weighted by molar-refractivity contribution is -0.141. The van der Waals surface area contributed by atoms with Crippen LogP contribution in [0.15, 0.2) is 24.3 Å². The van der Waals surface area contributed by atoms with Crippen molar-refractivity contribution in [2.45, 2.75) is 26.1 Å². The molecule has 2 aromatic rings. The van der Waals surface area contributed by atoms with E-state index in [0.29, 0.717) is 12.1 Å². The molecule has 5 nitrogen and oxygen atoms in total. The topological polar surface area (TPSA) is 70.1 Å². The first kappa shape index (κ1) is 19.8. The van der Waals surface area contributed by atoms with E-state index in [1.807, 2.05) is 0 Å². The highest BCUT2D eigenvalue weighted by molar-refractivity contribution is 5.58. The number of alkyl halides is 3. The standard InChI is InChI=1S/C16H17F5N4O/c1-8(2)12(7-26)23-15-24-13(16(19,20)21)6-14(25-15)22-11-4-3-9(17)5-10(11)18/h3-6,8,12,26H,7H2,1-2H3,(H2,22,23,24,25)/t12-/m1/s1. The molecule has 0 aliphatic carbocycles. The van der Waals surface area contributed by atoms with Crippen LogP contribution in [0.25, 0.3) is 0 Å². The Kier molecular flexibility index (Phi) is 5.96. The zero-order chi connectivity index (χ0) is 19.5. The third-order valence-electron chi connectivity index (χ3n) is 3.53. The molecule has 3 N–H and O–H groups in total. The quantitative estimate of drug-likeness (QED) is 0.666. The molecule has 0 radical (unpaired) electrons. The van der Waals surface area contributed by atoms with Gasteiger partial charge < -0.3 is 15.7 Å². The van der Waals surface area contributed by atoms with Gasteiger partial charge in [0.15, 0.2) is 5.69 Å². The summed E-state index contributed by atoms with van der Waals surface area (Å²) in [5, 5.41) is 14.3. The minimum absolute atomic E-state index is 0.107. The highest BCUT2D eigenvalue weighted by Gasteiger charge is 2.34. The summed E-state index contributed by atoms with van der Waals surface area (Å²) < 4.78 is 65.9. The molecular weight excluding hydrogens is 359 g/mol. The Bertz CT molecular complexity index is 767. The van der Waals surface area contributed by atoms with Crippen LogP contribution >= 0.6 is 0 Å². The summed E-state index contributed by atoms with van der Waals surface area (Å²) >= 11 is 0. The van der Waals surface area contributed by atoms with Crippen LogP contribution in [0, 0.1) is 17.6 Å². The number of aliphatic hydroxyl groups is 1. The van der Waals surface area contributed by atoms with Gasteiger partial charge in [-0.05, 0) is 18.1 Å². The molecule has 1 aromatic heterocycles. The second-order valence-electron chi connectivity index (χ2n) is 5.89. The van der Waals surface area contributed by atoms with E-state index in [-0.39, 0.29) is 30.0 Å². The monoisotopic (exact) mass is 376 g/mol. The van der Waals surface area contributed by atoms with E-state index < -0.39 is 29.5 Å². The van der Waals surface area contributed by atoms with Crippen molar-refractivity contribution >= 4 is 17.5 Å². The molecule has 1 aromatic carbocycles. The fourth-order valence-electron chi connectivity index (χ4n) is 2.04.